The molecule has 0 aliphatic carbocycles. The normalized spacial score (nSPS) is 15.0. The van der Waals surface area contributed by atoms with Crippen LogP contribution < -0.4 is 5.32 Å². The van der Waals surface area contributed by atoms with Crippen LogP contribution in [0.4, 0.5) is 0 Å². The molecule has 94 valence electrons. The molecule has 0 unspecified atom stereocenters. The van der Waals surface area contributed by atoms with E-state index in [2.05, 4.69) is 42.4 Å². The summed E-state index contributed by atoms with van der Waals surface area (Å²) in [6, 6.07) is 7.00. The highest BCUT2D eigenvalue weighted by Crippen LogP contribution is 2.16. The lowest BCUT2D eigenvalue weighted by molar-refractivity contribution is 0.320. The molecule has 0 saturated carbocycles. The van der Waals surface area contributed by atoms with Gasteiger partial charge >= 0.3 is 0 Å². The first-order chi connectivity index (χ1) is 8.29. The predicted molar refractivity (Wildman–Crippen MR) is 73.1 cm³/mol. The van der Waals surface area contributed by atoms with E-state index in [0.717, 1.165) is 19.6 Å². The van der Waals surface area contributed by atoms with Gasteiger partial charge in [-0.15, -0.1) is 0 Å². The average molecular weight is 232 g/mol. The molecule has 0 bridgehead atoms. The molecule has 1 aliphatic rings. The minimum Gasteiger partial charge on any atom is -0.312 e. The molecule has 0 fully saturated rings. The Morgan fingerprint density at radius 2 is 2.18 bits per heavy atom. The van der Waals surface area contributed by atoms with E-state index in [1.54, 1.807) is 0 Å². The Morgan fingerprint density at radius 1 is 1.29 bits per heavy atom. The van der Waals surface area contributed by atoms with Crippen LogP contribution >= 0.6 is 0 Å². The summed E-state index contributed by atoms with van der Waals surface area (Å²) in [5.41, 5.74) is 4.48. The Balaban J connectivity index is 1.97. The zero-order chi connectivity index (χ0) is 12.1. The summed E-state index contributed by atoms with van der Waals surface area (Å²) in [5.74, 6) is 0. The number of hydrogen-bond donors (Lipinski definition) is 1. The number of fused-ring (bicyclic) bond motifs is 1. The minimum atomic E-state index is 1.04. The van der Waals surface area contributed by atoms with Crippen molar-refractivity contribution in [2.24, 2.45) is 0 Å². The molecule has 1 aliphatic heterocycles. The Kier molecular flexibility index (Phi) is 4.57. The maximum Gasteiger partial charge on any atom is 0.0230 e. The summed E-state index contributed by atoms with van der Waals surface area (Å²) in [6.07, 6.45) is 3.75. The topological polar surface area (TPSA) is 15.3 Å². The Labute approximate surface area is 105 Å². The number of benzene rings is 1. The molecular formula is C15H24N2. The third kappa shape index (κ3) is 3.55. The molecule has 0 amide bonds. The monoisotopic (exact) mass is 232 g/mol. The smallest absolute Gasteiger partial charge is 0.0230 e. The highest BCUT2D eigenvalue weighted by atomic mass is 15.1. The van der Waals surface area contributed by atoms with Gasteiger partial charge in [-0.25, -0.2) is 0 Å². The van der Waals surface area contributed by atoms with Crippen LogP contribution in [0.15, 0.2) is 18.2 Å². The fraction of sp³-hybridized carbons (Fsp3) is 0.600. The lowest BCUT2D eigenvalue weighted by atomic mass is 9.98. The summed E-state index contributed by atoms with van der Waals surface area (Å²) >= 11 is 0. The molecule has 2 rings (SSSR count). The van der Waals surface area contributed by atoms with E-state index in [1.807, 2.05) is 0 Å². The van der Waals surface area contributed by atoms with Crippen molar-refractivity contribution in [1.82, 2.24) is 10.2 Å². The van der Waals surface area contributed by atoms with Gasteiger partial charge in [0, 0.05) is 13.1 Å². The van der Waals surface area contributed by atoms with Gasteiger partial charge in [0.2, 0.25) is 0 Å². The van der Waals surface area contributed by atoms with Crippen molar-refractivity contribution < 1.29 is 0 Å². The first-order valence-corrected chi connectivity index (χ1v) is 6.79. The standard InChI is InChI=1S/C15H24N2/c1-3-4-9-17(2)12-13-5-6-14-7-8-16-11-15(14)10-13/h5-6,10,16H,3-4,7-9,11-12H2,1-2H3. The summed E-state index contributed by atoms with van der Waals surface area (Å²) in [7, 11) is 2.22. The molecule has 0 aromatic heterocycles. The van der Waals surface area contributed by atoms with Gasteiger partial charge < -0.3 is 10.2 Å². The van der Waals surface area contributed by atoms with Crippen LogP contribution in [0.2, 0.25) is 0 Å². The van der Waals surface area contributed by atoms with Gasteiger partial charge in [0.1, 0.15) is 0 Å². The Bertz CT molecular complexity index is 360. The minimum absolute atomic E-state index is 1.04. The van der Waals surface area contributed by atoms with Crippen LogP contribution in [0, 0.1) is 0 Å². The molecule has 2 nitrogen and oxygen atoms in total. The second kappa shape index (κ2) is 6.18. The lowest BCUT2D eigenvalue weighted by Crippen LogP contribution is -2.24. The molecule has 0 atom stereocenters. The largest absolute Gasteiger partial charge is 0.312 e. The van der Waals surface area contributed by atoms with E-state index >= 15 is 0 Å². The van der Waals surface area contributed by atoms with Crippen LogP contribution in [0.5, 0.6) is 0 Å². The van der Waals surface area contributed by atoms with Gasteiger partial charge in [0.15, 0.2) is 0 Å². The summed E-state index contributed by atoms with van der Waals surface area (Å²) in [6.45, 7) is 6.70. The summed E-state index contributed by atoms with van der Waals surface area (Å²) in [5, 5.41) is 3.44. The second-order valence-corrected chi connectivity index (χ2v) is 5.12. The van der Waals surface area contributed by atoms with Gasteiger partial charge in [-0.3, -0.25) is 0 Å². The van der Waals surface area contributed by atoms with Crippen LogP contribution in [-0.4, -0.2) is 25.0 Å². The van der Waals surface area contributed by atoms with Gasteiger partial charge in [-0.05, 0) is 49.7 Å². The SMILES string of the molecule is CCCCN(C)Cc1ccc2c(c1)CNCC2. The highest BCUT2D eigenvalue weighted by molar-refractivity contribution is 5.33. The van der Waals surface area contributed by atoms with E-state index in [1.165, 1.54) is 42.5 Å². The first-order valence-electron chi connectivity index (χ1n) is 6.79. The number of unbranched alkanes of at least 4 members (excludes halogenated alkanes) is 1. The van der Waals surface area contributed by atoms with Crippen molar-refractivity contribution in [3.63, 3.8) is 0 Å². The first kappa shape index (κ1) is 12.6. The van der Waals surface area contributed by atoms with Crippen LogP contribution in [-0.2, 0) is 19.5 Å². The zero-order valence-corrected chi connectivity index (χ0v) is 11.1. The Hall–Kier alpha value is -0.860. The number of nitrogens with zero attached hydrogens (tertiary/aromatic N) is 1. The quantitative estimate of drug-likeness (QED) is 0.839. The van der Waals surface area contributed by atoms with E-state index in [0.29, 0.717) is 0 Å². The molecule has 0 spiro atoms. The van der Waals surface area contributed by atoms with Gasteiger partial charge in [0.25, 0.3) is 0 Å². The van der Waals surface area contributed by atoms with Crippen LogP contribution in [0.25, 0.3) is 0 Å². The second-order valence-electron chi connectivity index (χ2n) is 5.12. The number of nitrogens with one attached hydrogen (secondary N) is 1. The van der Waals surface area contributed by atoms with Crippen molar-refractivity contribution in [1.29, 1.82) is 0 Å². The van der Waals surface area contributed by atoms with E-state index in [4.69, 9.17) is 0 Å². The molecule has 2 heteroatoms. The molecule has 1 N–H and O–H groups in total. The van der Waals surface area contributed by atoms with Crippen molar-refractivity contribution in [3.05, 3.63) is 34.9 Å². The molecule has 1 heterocycles. The van der Waals surface area contributed by atoms with Crippen molar-refractivity contribution in [3.8, 4) is 0 Å². The maximum atomic E-state index is 3.44. The summed E-state index contributed by atoms with van der Waals surface area (Å²) < 4.78 is 0. The van der Waals surface area contributed by atoms with E-state index in [9.17, 15) is 0 Å². The third-order valence-electron chi connectivity index (χ3n) is 3.50. The number of hydrogen-bond acceptors (Lipinski definition) is 2. The molecular weight excluding hydrogens is 208 g/mol. The average Bonchev–Trinajstić information content (AvgIpc) is 2.36. The Morgan fingerprint density at radius 3 is 3.00 bits per heavy atom. The fourth-order valence-electron chi connectivity index (χ4n) is 2.45. The molecule has 17 heavy (non-hydrogen) atoms. The van der Waals surface area contributed by atoms with E-state index < -0.39 is 0 Å². The van der Waals surface area contributed by atoms with Gasteiger partial charge in [-0.1, -0.05) is 31.5 Å². The van der Waals surface area contributed by atoms with Crippen molar-refractivity contribution in [2.75, 3.05) is 20.1 Å². The van der Waals surface area contributed by atoms with Crippen molar-refractivity contribution >= 4 is 0 Å². The molecule has 1 aromatic carbocycles. The number of rotatable bonds is 5. The molecule has 0 saturated heterocycles. The third-order valence-corrected chi connectivity index (χ3v) is 3.50. The highest BCUT2D eigenvalue weighted by Gasteiger charge is 2.09. The molecule has 1 aromatic rings. The van der Waals surface area contributed by atoms with E-state index in [-0.39, 0.29) is 0 Å². The van der Waals surface area contributed by atoms with Crippen LogP contribution in [0.1, 0.15) is 36.5 Å². The van der Waals surface area contributed by atoms with Gasteiger partial charge in [-0.2, -0.15) is 0 Å². The predicted octanol–water partition coefficient (Wildman–Crippen LogP) is 2.56. The fourth-order valence-corrected chi connectivity index (χ4v) is 2.45. The van der Waals surface area contributed by atoms with Crippen LogP contribution in [0.3, 0.4) is 0 Å². The maximum absolute atomic E-state index is 3.44. The zero-order valence-electron chi connectivity index (χ0n) is 11.1. The van der Waals surface area contributed by atoms with Crippen molar-refractivity contribution in [2.45, 2.75) is 39.3 Å². The summed E-state index contributed by atoms with van der Waals surface area (Å²) in [4.78, 5) is 2.42. The van der Waals surface area contributed by atoms with Gasteiger partial charge in [0.05, 0.1) is 0 Å². The molecule has 0 radical (unpaired) electrons. The lowest BCUT2D eigenvalue weighted by Gasteiger charge is -2.20.